The maximum absolute atomic E-state index is 10.0. The van der Waals surface area contributed by atoms with E-state index < -0.39 is 11.2 Å². The van der Waals surface area contributed by atoms with E-state index in [1.165, 1.54) is 0 Å². The predicted octanol–water partition coefficient (Wildman–Crippen LogP) is -0.478. The van der Waals surface area contributed by atoms with Crippen LogP contribution in [0.15, 0.2) is 0 Å². The minimum absolute atomic E-state index is 0.200. The lowest BCUT2D eigenvalue weighted by Crippen LogP contribution is -2.29. The van der Waals surface area contributed by atoms with Gasteiger partial charge in [-0.15, -0.1) is 0 Å². The summed E-state index contributed by atoms with van der Waals surface area (Å²) in [5, 5.41) is 4.85. The summed E-state index contributed by atoms with van der Waals surface area (Å²) in [4.78, 5) is 0. The van der Waals surface area contributed by atoms with E-state index >= 15 is 0 Å². The maximum Gasteiger partial charge on any atom is 0.164 e. The van der Waals surface area contributed by atoms with Gasteiger partial charge in [0.1, 0.15) is 0 Å². The van der Waals surface area contributed by atoms with Gasteiger partial charge < -0.3 is 0 Å². The van der Waals surface area contributed by atoms with Crippen LogP contribution in [0.3, 0.4) is 0 Å². The van der Waals surface area contributed by atoms with Crippen LogP contribution in [0.4, 0.5) is 0 Å². The Balaban J connectivity index is 3.13. The van der Waals surface area contributed by atoms with E-state index in [1.807, 2.05) is 13.8 Å². The molecule has 0 saturated carbocycles. The van der Waals surface area contributed by atoms with E-state index in [4.69, 9.17) is 5.14 Å². The van der Waals surface area contributed by atoms with Crippen molar-refractivity contribution in [1.82, 2.24) is 4.72 Å². The Morgan fingerprint density at radius 3 is 2.14 bits per heavy atom. The van der Waals surface area contributed by atoms with Crippen molar-refractivity contribution in [3.8, 4) is 0 Å². The van der Waals surface area contributed by atoms with Gasteiger partial charge >= 0.3 is 0 Å². The van der Waals surface area contributed by atoms with Gasteiger partial charge in [0.2, 0.25) is 0 Å². The van der Waals surface area contributed by atoms with Crippen molar-refractivity contribution in [3.05, 3.63) is 0 Å². The molecular weight excluding hydrogens is 112 g/mol. The van der Waals surface area contributed by atoms with Crippen LogP contribution in [-0.4, -0.2) is 10.3 Å². The lowest BCUT2D eigenvalue weighted by Gasteiger charge is -2.00. The average molecular weight is 122 g/mol. The minimum atomic E-state index is -1.35. The first-order valence-corrected chi connectivity index (χ1v) is 3.26. The summed E-state index contributed by atoms with van der Waals surface area (Å²) in [5.41, 5.74) is 0. The molecule has 1 unspecified atom stereocenters. The molecule has 0 amide bonds. The zero-order valence-corrected chi connectivity index (χ0v) is 5.29. The summed E-state index contributed by atoms with van der Waals surface area (Å²) < 4.78 is 12.6. The van der Waals surface area contributed by atoms with Crippen LogP contribution in [0, 0.1) is 0 Å². The van der Waals surface area contributed by atoms with Crippen LogP contribution in [0.1, 0.15) is 13.8 Å². The molecule has 7 heavy (non-hydrogen) atoms. The lowest BCUT2D eigenvalue weighted by atomic mass is 10.4. The maximum atomic E-state index is 10.0. The van der Waals surface area contributed by atoms with Crippen molar-refractivity contribution in [2.45, 2.75) is 19.9 Å². The van der Waals surface area contributed by atoms with Gasteiger partial charge in [0, 0.05) is 6.04 Å². The summed E-state index contributed by atoms with van der Waals surface area (Å²) in [5.74, 6) is 0. The molecule has 0 rings (SSSR count). The SMILES string of the molecule is CC(C)NS(N)=O. The van der Waals surface area contributed by atoms with Crippen LogP contribution in [0.2, 0.25) is 0 Å². The van der Waals surface area contributed by atoms with Crippen LogP contribution in [0.5, 0.6) is 0 Å². The quantitative estimate of drug-likeness (QED) is 0.510. The van der Waals surface area contributed by atoms with Crippen molar-refractivity contribution in [2.24, 2.45) is 5.14 Å². The van der Waals surface area contributed by atoms with Gasteiger partial charge in [-0.2, -0.15) is 0 Å². The van der Waals surface area contributed by atoms with E-state index in [2.05, 4.69) is 4.72 Å². The first kappa shape index (κ1) is 7.07. The van der Waals surface area contributed by atoms with Crippen molar-refractivity contribution >= 4 is 11.2 Å². The highest BCUT2D eigenvalue weighted by Crippen LogP contribution is 1.72. The van der Waals surface area contributed by atoms with Gasteiger partial charge in [-0.05, 0) is 13.8 Å². The number of hydrogen-bond acceptors (Lipinski definition) is 1. The molecule has 4 heteroatoms. The molecule has 0 aromatic carbocycles. The van der Waals surface area contributed by atoms with Gasteiger partial charge in [0.05, 0.1) is 0 Å². The molecule has 3 N–H and O–H groups in total. The van der Waals surface area contributed by atoms with Gasteiger partial charge in [-0.3, -0.25) is 0 Å². The topological polar surface area (TPSA) is 55.1 Å². The normalized spacial score (nSPS) is 14.9. The molecule has 44 valence electrons. The minimum Gasteiger partial charge on any atom is -0.239 e. The highest BCUT2D eigenvalue weighted by Gasteiger charge is 1.91. The van der Waals surface area contributed by atoms with Crippen LogP contribution >= 0.6 is 0 Å². The van der Waals surface area contributed by atoms with Gasteiger partial charge in [0.25, 0.3) is 0 Å². The Morgan fingerprint density at radius 1 is 1.71 bits per heavy atom. The third kappa shape index (κ3) is 6.07. The Kier molecular flexibility index (Phi) is 3.15. The molecule has 0 aromatic heterocycles. The first-order chi connectivity index (χ1) is 3.13. The van der Waals surface area contributed by atoms with Gasteiger partial charge in [0.15, 0.2) is 11.2 Å². The van der Waals surface area contributed by atoms with Crippen molar-refractivity contribution in [3.63, 3.8) is 0 Å². The molecule has 0 radical (unpaired) electrons. The standard InChI is InChI=1S/C3H10N2OS/c1-3(2)5-7(4)6/h3,5H,4H2,1-2H3. The fourth-order valence-corrected chi connectivity index (χ4v) is 0.697. The van der Waals surface area contributed by atoms with Crippen LogP contribution < -0.4 is 9.86 Å². The number of nitrogens with one attached hydrogen (secondary N) is 1. The van der Waals surface area contributed by atoms with Gasteiger partial charge in [-0.1, -0.05) is 0 Å². The van der Waals surface area contributed by atoms with Crippen molar-refractivity contribution in [2.75, 3.05) is 0 Å². The second-order valence-electron chi connectivity index (χ2n) is 1.57. The lowest BCUT2D eigenvalue weighted by molar-refractivity contribution is 0.657. The molecule has 0 heterocycles. The fourth-order valence-electron chi connectivity index (χ4n) is 0.232. The number of hydrogen-bond donors (Lipinski definition) is 2. The summed E-state index contributed by atoms with van der Waals surface area (Å²) in [7, 11) is 0. The average Bonchev–Trinajstić information content (AvgIpc) is 1.27. The molecule has 0 spiro atoms. The predicted molar refractivity (Wildman–Crippen MR) is 30.6 cm³/mol. The van der Waals surface area contributed by atoms with Crippen molar-refractivity contribution < 1.29 is 4.21 Å². The Hall–Kier alpha value is 0.0700. The fraction of sp³-hybridized carbons (Fsp3) is 1.00. The molecule has 0 aliphatic rings. The summed E-state index contributed by atoms with van der Waals surface area (Å²) in [6, 6.07) is 0.200. The van der Waals surface area contributed by atoms with E-state index in [0.29, 0.717) is 0 Å². The summed E-state index contributed by atoms with van der Waals surface area (Å²) in [6.07, 6.45) is 0. The van der Waals surface area contributed by atoms with Crippen molar-refractivity contribution in [1.29, 1.82) is 0 Å². The highest BCUT2D eigenvalue weighted by atomic mass is 32.2. The zero-order valence-electron chi connectivity index (χ0n) is 4.47. The summed E-state index contributed by atoms with van der Waals surface area (Å²) >= 11 is -1.35. The highest BCUT2D eigenvalue weighted by molar-refractivity contribution is 7.80. The zero-order chi connectivity index (χ0) is 5.86. The van der Waals surface area contributed by atoms with E-state index in [0.717, 1.165) is 0 Å². The van der Waals surface area contributed by atoms with Gasteiger partial charge in [-0.25, -0.2) is 14.1 Å². The molecule has 0 aliphatic heterocycles. The van der Waals surface area contributed by atoms with E-state index in [9.17, 15) is 4.21 Å². The Morgan fingerprint density at radius 2 is 2.14 bits per heavy atom. The molecular formula is C3H10N2OS. The van der Waals surface area contributed by atoms with Crippen LogP contribution in [-0.2, 0) is 11.2 Å². The molecule has 0 aliphatic carbocycles. The van der Waals surface area contributed by atoms with Crippen LogP contribution in [0.25, 0.3) is 0 Å². The third-order valence-corrected chi connectivity index (χ3v) is 1.06. The number of nitrogens with two attached hydrogens (primary N) is 1. The summed E-state index contributed by atoms with van der Waals surface area (Å²) in [6.45, 7) is 3.76. The van der Waals surface area contributed by atoms with E-state index in [-0.39, 0.29) is 6.04 Å². The third-order valence-electron chi connectivity index (χ3n) is 0.352. The molecule has 0 aromatic rings. The molecule has 0 fully saturated rings. The molecule has 1 atom stereocenters. The second kappa shape index (κ2) is 3.12. The second-order valence-corrected chi connectivity index (χ2v) is 2.40. The molecule has 3 nitrogen and oxygen atoms in total. The van der Waals surface area contributed by atoms with E-state index in [1.54, 1.807) is 0 Å². The molecule has 0 bridgehead atoms. The smallest absolute Gasteiger partial charge is 0.164 e. The Bertz CT molecular complexity index is 73.3. The largest absolute Gasteiger partial charge is 0.239 e. The Labute approximate surface area is 46.0 Å². The first-order valence-electron chi connectivity index (χ1n) is 2.05. The molecule has 0 saturated heterocycles. The number of rotatable bonds is 2. The monoisotopic (exact) mass is 122 g/mol.